The molecule has 0 aliphatic rings. The van der Waals surface area contributed by atoms with Crippen molar-refractivity contribution in [3.05, 3.63) is 59.2 Å². The predicted octanol–water partition coefficient (Wildman–Crippen LogP) is 3.36. The van der Waals surface area contributed by atoms with Crippen LogP contribution in [0, 0.1) is 13.8 Å². The third kappa shape index (κ3) is 7.29. The second-order valence-electron chi connectivity index (χ2n) is 8.08. The fraction of sp³-hybridized carbons (Fsp3) is 0.364. The Bertz CT molecular complexity index is 1060. The number of ether oxygens (including phenoxy) is 1. The minimum atomic E-state index is -3.87. The van der Waals surface area contributed by atoms with E-state index >= 15 is 0 Å². The number of carbonyl (C=O) groups excluding carboxylic acids is 2. The highest BCUT2D eigenvalue weighted by atomic mass is 32.2. The van der Waals surface area contributed by atoms with E-state index in [0.717, 1.165) is 5.56 Å². The van der Waals surface area contributed by atoms with Gasteiger partial charge in [-0.15, -0.1) is 0 Å². The molecule has 0 spiro atoms. The summed E-state index contributed by atoms with van der Waals surface area (Å²) in [5.41, 5.74) is 1.52. The Morgan fingerprint density at radius 1 is 0.935 bits per heavy atom. The Hall–Kier alpha value is -3.07. The van der Waals surface area contributed by atoms with E-state index in [0.29, 0.717) is 11.3 Å². The number of anilines is 1. The highest BCUT2D eigenvalue weighted by Gasteiger charge is 2.19. The first-order chi connectivity index (χ1) is 14.4. The van der Waals surface area contributed by atoms with Gasteiger partial charge in [-0.25, -0.2) is 13.2 Å². The molecule has 0 aliphatic heterocycles. The predicted molar refractivity (Wildman–Crippen MR) is 120 cm³/mol. The first kappa shape index (κ1) is 24.2. The zero-order valence-electron chi connectivity index (χ0n) is 18.4. The number of benzene rings is 2. The van der Waals surface area contributed by atoms with Crippen molar-refractivity contribution >= 4 is 27.7 Å². The number of rotatable bonds is 7. The van der Waals surface area contributed by atoms with Gasteiger partial charge in [-0.1, -0.05) is 24.3 Å². The van der Waals surface area contributed by atoms with Crippen molar-refractivity contribution in [2.75, 3.05) is 17.8 Å². The molecule has 0 aliphatic carbocycles. The Kier molecular flexibility index (Phi) is 7.67. The molecule has 3 N–H and O–H groups in total. The van der Waals surface area contributed by atoms with Crippen LogP contribution in [0.25, 0.3) is 0 Å². The van der Waals surface area contributed by atoms with Gasteiger partial charge in [0.2, 0.25) is 0 Å². The Morgan fingerprint density at radius 3 is 2.23 bits per heavy atom. The van der Waals surface area contributed by atoms with Crippen molar-refractivity contribution in [1.82, 2.24) is 10.6 Å². The number of nitrogens with one attached hydrogen (secondary N) is 3. The molecule has 168 valence electrons. The fourth-order valence-corrected chi connectivity index (χ4v) is 3.81. The first-order valence-corrected chi connectivity index (χ1v) is 11.3. The fourth-order valence-electron chi connectivity index (χ4n) is 2.65. The van der Waals surface area contributed by atoms with Crippen molar-refractivity contribution in [3.63, 3.8) is 0 Å². The minimum absolute atomic E-state index is 0.0154. The quantitative estimate of drug-likeness (QED) is 0.563. The Morgan fingerprint density at radius 2 is 1.58 bits per heavy atom. The monoisotopic (exact) mass is 447 g/mol. The van der Waals surface area contributed by atoms with Crippen molar-refractivity contribution in [2.45, 2.75) is 45.1 Å². The summed E-state index contributed by atoms with van der Waals surface area (Å²) in [6.07, 6.45) is -0.576. The molecule has 0 saturated heterocycles. The van der Waals surface area contributed by atoms with E-state index in [1.807, 2.05) is 6.07 Å². The van der Waals surface area contributed by atoms with Crippen LogP contribution >= 0.6 is 0 Å². The molecule has 2 amide bonds. The minimum Gasteiger partial charge on any atom is -0.444 e. The Labute approximate surface area is 183 Å². The molecule has 0 atom stereocenters. The molecule has 9 heteroatoms. The lowest BCUT2D eigenvalue weighted by molar-refractivity contribution is 0.0526. The molecule has 0 unspecified atom stereocenters. The number of aryl methyl sites for hydroxylation is 2. The van der Waals surface area contributed by atoms with Crippen LogP contribution in [0.5, 0.6) is 0 Å². The van der Waals surface area contributed by atoms with Gasteiger partial charge in [-0.3, -0.25) is 9.52 Å². The molecule has 2 rings (SSSR count). The summed E-state index contributed by atoms with van der Waals surface area (Å²) in [4.78, 5) is 24.2. The molecular formula is C22H29N3O5S. The highest BCUT2D eigenvalue weighted by Crippen LogP contribution is 2.21. The molecule has 0 fully saturated rings. The molecule has 0 saturated carbocycles. The molecule has 0 aromatic heterocycles. The molecule has 31 heavy (non-hydrogen) atoms. The van der Waals surface area contributed by atoms with Gasteiger partial charge in [0.25, 0.3) is 15.9 Å². The van der Waals surface area contributed by atoms with Gasteiger partial charge in [0.15, 0.2) is 0 Å². The molecular weight excluding hydrogens is 418 g/mol. The molecule has 0 heterocycles. The summed E-state index contributed by atoms with van der Waals surface area (Å²) in [5.74, 6) is -0.434. The highest BCUT2D eigenvalue weighted by molar-refractivity contribution is 7.92. The summed E-state index contributed by atoms with van der Waals surface area (Å²) >= 11 is 0. The molecule has 0 radical (unpaired) electrons. The Balaban J connectivity index is 2.04. The average molecular weight is 448 g/mol. The van der Waals surface area contributed by atoms with Crippen molar-refractivity contribution in [2.24, 2.45) is 0 Å². The number of amides is 2. The summed E-state index contributed by atoms with van der Waals surface area (Å²) in [6, 6.07) is 11.4. The lowest BCUT2D eigenvalue weighted by Crippen LogP contribution is -2.38. The maximum absolute atomic E-state index is 12.8. The average Bonchev–Trinajstić information content (AvgIpc) is 2.65. The number of hydrogen-bond acceptors (Lipinski definition) is 5. The number of carbonyl (C=O) groups is 2. The van der Waals surface area contributed by atoms with Crippen LogP contribution in [0.2, 0.25) is 0 Å². The number of alkyl carbamates (subject to hydrolysis) is 1. The van der Waals surface area contributed by atoms with Crippen LogP contribution in [0.4, 0.5) is 10.5 Å². The van der Waals surface area contributed by atoms with Crippen molar-refractivity contribution in [1.29, 1.82) is 0 Å². The zero-order chi connectivity index (χ0) is 23.2. The van der Waals surface area contributed by atoms with Crippen LogP contribution in [0.3, 0.4) is 0 Å². The maximum atomic E-state index is 12.8. The van der Waals surface area contributed by atoms with Crippen LogP contribution < -0.4 is 15.4 Å². The van der Waals surface area contributed by atoms with E-state index in [4.69, 9.17) is 4.74 Å². The van der Waals surface area contributed by atoms with Gasteiger partial charge in [-0.05, 0) is 63.9 Å². The lowest BCUT2D eigenvalue weighted by Gasteiger charge is -2.19. The van der Waals surface area contributed by atoms with E-state index < -0.39 is 27.6 Å². The number of para-hydroxylation sites is 1. The largest absolute Gasteiger partial charge is 0.444 e. The van der Waals surface area contributed by atoms with Crippen molar-refractivity contribution in [3.8, 4) is 0 Å². The second kappa shape index (κ2) is 9.82. The normalized spacial score (nSPS) is 11.5. The second-order valence-corrected chi connectivity index (χ2v) is 9.76. The van der Waals surface area contributed by atoms with Crippen LogP contribution in [-0.2, 0) is 14.8 Å². The van der Waals surface area contributed by atoms with E-state index in [-0.39, 0.29) is 23.5 Å². The molecule has 2 aromatic carbocycles. The number of hydrogen-bond donors (Lipinski definition) is 3. The summed E-state index contributed by atoms with van der Waals surface area (Å²) in [6.45, 7) is 9.13. The molecule has 0 bridgehead atoms. The number of sulfonamides is 1. The third-order valence-corrected chi connectivity index (χ3v) is 5.60. The lowest BCUT2D eigenvalue weighted by atomic mass is 10.1. The van der Waals surface area contributed by atoms with Crippen molar-refractivity contribution < 1.29 is 22.7 Å². The summed E-state index contributed by atoms with van der Waals surface area (Å²) in [7, 11) is -3.87. The van der Waals surface area contributed by atoms with Gasteiger partial charge >= 0.3 is 6.09 Å². The van der Waals surface area contributed by atoms with Gasteiger partial charge in [0.1, 0.15) is 5.60 Å². The van der Waals surface area contributed by atoms with E-state index in [1.54, 1.807) is 58.9 Å². The van der Waals surface area contributed by atoms with Crippen LogP contribution in [0.1, 0.15) is 42.3 Å². The first-order valence-electron chi connectivity index (χ1n) is 9.83. The van der Waals surface area contributed by atoms with Crippen LogP contribution in [-0.4, -0.2) is 39.1 Å². The smallest absolute Gasteiger partial charge is 0.407 e. The van der Waals surface area contributed by atoms with E-state index in [1.165, 1.54) is 12.1 Å². The van der Waals surface area contributed by atoms with Gasteiger partial charge in [0, 0.05) is 18.7 Å². The zero-order valence-corrected chi connectivity index (χ0v) is 19.2. The molecule has 8 nitrogen and oxygen atoms in total. The van der Waals surface area contributed by atoms with E-state index in [9.17, 15) is 18.0 Å². The topological polar surface area (TPSA) is 114 Å². The standard InChI is InChI=1S/C22H29N3O5S/c1-15-10-11-17(31(28,29)25-19-9-7-6-8-16(19)2)14-18(15)20(26)23-12-13-24-21(27)30-22(3,4)5/h6-11,14,25H,12-13H2,1-5H3,(H,23,26)(H,24,27). The van der Waals surface area contributed by atoms with Gasteiger partial charge in [-0.2, -0.15) is 0 Å². The van der Waals surface area contributed by atoms with Crippen LogP contribution in [0.15, 0.2) is 47.4 Å². The third-order valence-electron chi connectivity index (χ3n) is 4.23. The molecule has 2 aromatic rings. The van der Waals surface area contributed by atoms with E-state index in [2.05, 4.69) is 15.4 Å². The summed E-state index contributed by atoms with van der Waals surface area (Å²) in [5, 5.41) is 5.22. The van der Waals surface area contributed by atoms with Gasteiger partial charge in [0.05, 0.1) is 10.6 Å². The SMILES string of the molecule is Cc1ccccc1NS(=O)(=O)c1ccc(C)c(C(=O)NCCNC(=O)OC(C)(C)C)c1. The summed E-state index contributed by atoms with van der Waals surface area (Å²) < 4.78 is 33.2. The van der Waals surface area contributed by atoms with Gasteiger partial charge < -0.3 is 15.4 Å². The maximum Gasteiger partial charge on any atom is 0.407 e.